The number of ether oxygens (including phenoxy) is 3. The second kappa shape index (κ2) is 8.01. The topological polar surface area (TPSA) is 69.2 Å². The van der Waals surface area contributed by atoms with Crippen molar-refractivity contribution in [3.05, 3.63) is 53.1 Å². The Bertz CT molecular complexity index is 757. The van der Waals surface area contributed by atoms with Crippen LogP contribution in [0.2, 0.25) is 0 Å². The molecule has 126 valence electrons. The van der Waals surface area contributed by atoms with Gasteiger partial charge in [-0.1, -0.05) is 12.1 Å². The molecule has 0 aromatic heterocycles. The summed E-state index contributed by atoms with van der Waals surface area (Å²) in [6.45, 7) is 1.93. The number of hydrazone groups is 1. The Kier molecular flexibility index (Phi) is 5.78. The number of methoxy groups -OCH3 is 3. The third-order valence-corrected chi connectivity index (χ3v) is 3.40. The number of nitrogens with one attached hydrogen (secondary N) is 1. The smallest absolute Gasteiger partial charge is 0.275 e. The maximum atomic E-state index is 12.2. The highest BCUT2D eigenvalue weighted by molar-refractivity contribution is 5.97. The average Bonchev–Trinajstić information content (AvgIpc) is 2.60. The van der Waals surface area contributed by atoms with Gasteiger partial charge in [0.2, 0.25) is 0 Å². The van der Waals surface area contributed by atoms with Crippen LogP contribution in [-0.2, 0) is 0 Å². The van der Waals surface area contributed by atoms with E-state index in [0.29, 0.717) is 28.4 Å². The molecule has 0 saturated heterocycles. The normalized spacial score (nSPS) is 10.5. The second-order valence-corrected chi connectivity index (χ2v) is 4.99. The second-order valence-electron chi connectivity index (χ2n) is 4.99. The molecule has 1 N–H and O–H groups in total. The van der Waals surface area contributed by atoms with E-state index in [1.165, 1.54) is 13.3 Å². The van der Waals surface area contributed by atoms with E-state index in [4.69, 9.17) is 14.2 Å². The molecule has 0 heterocycles. The summed E-state index contributed by atoms with van der Waals surface area (Å²) in [5.74, 6) is 1.28. The molecule has 24 heavy (non-hydrogen) atoms. The Morgan fingerprint density at radius 1 is 1.04 bits per heavy atom. The van der Waals surface area contributed by atoms with Crippen molar-refractivity contribution in [2.75, 3.05) is 21.3 Å². The van der Waals surface area contributed by atoms with Crippen LogP contribution in [0.25, 0.3) is 0 Å². The zero-order valence-electron chi connectivity index (χ0n) is 14.1. The lowest BCUT2D eigenvalue weighted by Crippen LogP contribution is -2.18. The van der Waals surface area contributed by atoms with Crippen LogP contribution in [0.15, 0.2) is 41.5 Å². The summed E-state index contributed by atoms with van der Waals surface area (Å²) in [5.41, 5.74) is 4.59. The van der Waals surface area contributed by atoms with Crippen LogP contribution in [0.4, 0.5) is 0 Å². The molecule has 1 amide bonds. The minimum atomic E-state index is -0.357. The summed E-state index contributed by atoms with van der Waals surface area (Å²) in [7, 11) is 4.63. The van der Waals surface area contributed by atoms with Gasteiger partial charge in [-0.3, -0.25) is 4.79 Å². The van der Waals surface area contributed by atoms with E-state index in [-0.39, 0.29) is 5.91 Å². The molecule has 0 radical (unpaired) electrons. The minimum absolute atomic E-state index is 0.357. The maximum Gasteiger partial charge on any atom is 0.275 e. The highest BCUT2D eigenvalue weighted by Gasteiger charge is 2.12. The summed E-state index contributed by atoms with van der Waals surface area (Å²) in [4.78, 5) is 12.2. The van der Waals surface area contributed by atoms with Gasteiger partial charge >= 0.3 is 0 Å². The number of carbonyl (C=O) groups excluding carboxylic acids is 1. The molecular formula is C18H20N2O4. The highest BCUT2D eigenvalue weighted by atomic mass is 16.5. The van der Waals surface area contributed by atoms with Crippen molar-refractivity contribution in [3.8, 4) is 17.2 Å². The zero-order valence-corrected chi connectivity index (χ0v) is 14.1. The first-order valence-corrected chi connectivity index (χ1v) is 7.29. The van der Waals surface area contributed by atoms with E-state index < -0.39 is 0 Å². The van der Waals surface area contributed by atoms with Gasteiger partial charge in [0, 0.05) is 5.56 Å². The first-order chi connectivity index (χ1) is 11.6. The molecule has 0 saturated carbocycles. The van der Waals surface area contributed by atoms with Crippen molar-refractivity contribution in [2.45, 2.75) is 6.92 Å². The molecule has 0 aliphatic heterocycles. The number of rotatable bonds is 6. The Hall–Kier alpha value is -3.02. The molecule has 0 atom stereocenters. The predicted molar refractivity (Wildman–Crippen MR) is 92.3 cm³/mol. The van der Waals surface area contributed by atoms with Crippen molar-refractivity contribution in [3.63, 3.8) is 0 Å². The molecule has 0 fully saturated rings. The van der Waals surface area contributed by atoms with Crippen LogP contribution in [0.1, 0.15) is 21.5 Å². The van der Waals surface area contributed by atoms with Gasteiger partial charge in [0.25, 0.3) is 5.91 Å². The number of hydrogen-bond acceptors (Lipinski definition) is 5. The van der Waals surface area contributed by atoms with E-state index in [2.05, 4.69) is 10.5 Å². The third kappa shape index (κ3) is 3.84. The van der Waals surface area contributed by atoms with Crippen molar-refractivity contribution in [2.24, 2.45) is 5.10 Å². The number of carbonyl (C=O) groups is 1. The minimum Gasteiger partial charge on any atom is -0.496 e. The van der Waals surface area contributed by atoms with Crippen LogP contribution in [0, 0.1) is 6.92 Å². The zero-order chi connectivity index (χ0) is 17.5. The van der Waals surface area contributed by atoms with Gasteiger partial charge in [0.15, 0.2) is 11.5 Å². The molecule has 0 aliphatic rings. The number of para-hydroxylation sites is 1. The van der Waals surface area contributed by atoms with E-state index in [1.807, 2.05) is 25.1 Å². The van der Waals surface area contributed by atoms with Crippen molar-refractivity contribution < 1.29 is 19.0 Å². The van der Waals surface area contributed by atoms with Crippen LogP contribution in [0.3, 0.4) is 0 Å². The average molecular weight is 328 g/mol. The van der Waals surface area contributed by atoms with Gasteiger partial charge < -0.3 is 14.2 Å². The Morgan fingerprint density at radius 2 is 1.79 bits per heavy atom. The molecule has 6 nitrogen and oxygen atoms in total. The molecule has 2 rings (SSSR count). The fraction of sp³-hybridized carbons (Fsp3) is 0.222. The van der Waals surface area contributed by atoms with E-state index in [1.54, 1.807) is 32.4 Å². The number of benzene rings is 2. The van der Waals surface area contributed by atoms with Gasteiger partial charge in [-0.25, -0.2) is 5.43 Å². The quantitative estimate of drug-likeness (QED) is 0.654. The van der Waals surface area contributed by atoms with Gasteiger partial charge in [0.1, 0.15) is 5.75 Å². The summed E-state index contributed by atoms with van der Waals surface area (Å²) in [5, 5.41) is 3.98. The first kappa shape index (κ1) is 17.3. The van der Waals surface area contributed by atoms with Crippen molar-refractivity contribution >= 4 is 12.1 Å². The maximum absolute atomic E-state index is 12.2. The predicted octanol–water partition coefficient (Wildman–Crippen LogP) is 2.78. The van der Waals surface area contributed by atoms with Crippen molar-refractivity contribution in [1.82, 2.24) is 5.43 Å². The number of hydrogen-bond donors (Lipinski definition) is 1. The van der Waals surface area contributed by atoms with Crippen LogP contribution >= 0.6 is 0 Å². The van der Waals surface area contributed by atoms with E-state index in [9.17, 15) is 4.79 Å². The molecule has 0 spiro atoms. The Balaban J connectivity index is 2.16. The summed E-state index contributed by atoms with van der Waals surface area (Å²) in [6, 6.07) is 10.7. The molecule has 6 heteroatoms. The molecular weight excluding hydrogens is 308 g/mol. The SMILES string of the molecule is COc1cc(C)ccc1C(=O)NN=Cc1cccc(OC)c1OC. The lowest BCUT2D eigenvalue weighted by molar-refractivity contribution is 0.0952. The van der Waals surface area contributed by atoms with Crippen LogP contribution in [-0.4, -0.2) is 33.5 Å². The Labute approximate surface area is 141 Å². The van der Waals surface area contributed by atoms with E-state index >= 15 is 0 Å². The van der Waals surface area contributed by atoms with Gasteiger partial charge in [-0.05, 0) is 36.8 Å². The van der Waals surface area contributed by atoms with Gasteiger partial charge in [-0.15, -0.1) is 0 Å². The van der Waals surface area contributed by atoms with E-state index in [0.717, 1.165) is 5.56 Å². The Morgan fingerprint density at radius 3 is 2.46 bits per heavy atom. The molecule has 2 aromatic carbocycles. The first-order valence-electron chi connectivity index (χ1n) is 7.29. The highest BCUT2D eigenvalue weighted by Crippen LogP contribution is 2.29. The van der Waals surface area contributed by atoms with Crippen molar-refractivity contribution in [1.29, 1.82) is 0 Å². The number of aryl methyl sites for hydroxylation is 1. The number of nitrogens with zero attached hydrogens (tertiary/aromatic N) is 1. The summed E-state index contributed by atoms with van der Waals surface area (Å²) in [6.07, 6.45) is 1.50. The van der Waals surface area contributed by atoms with Crippen LogP contribution in [0.5, 0.6) is 17.2 Å². The lowest BCUT2D eigenvalue weighted by atomic mass is 10.1. The third-order valence-electron chi connectivity index (χ3n) is 3.40. The molecule has 0 bridgehead atoms. The molecule has 0 aliphatic carbocycles. The lowest BCUT2D eigenvalue weighted by Gasteiger charge is -2.10. The fourth-order valence-electron chi connectivity index (χ4n) is 2.22. The summed E-state index contributed by atoms with van der Waals surface area (Å²) < 4.78 is 15.8. The van der Waals surface area contributed by atoms with Gasteiger partial charge in [-0.2, -0.15) is 5.10 Å². The fourth-order valence-corrected chi connectivity index (χ4v) is 2.22. The monoisotopic (exact) mass is 328 g/mol. The van der Waals surface area contributed by atoms with Crippen LogP contribution < -0.4 is 19.6 Å². The molecule has 0 unspecified atom stereocenters. The van der Waals surface area contributed by atoms with Gasteiger partial charge in [0.05, 0.1) is 33.1 Å². The molecule has 2 aromatic rings. The number of amides is 1. The largest absolute Gasteiger partial charge is 0.496 e. The summed E-state index contributed by atoms with van der Waals surface area (Å²) >= 11 is 0. The standard InChI is InChI=1S/C18H20N2O4/c1-12-8-9-14(16(10-12)23-3)18(21)20-19-11-13-6-5-7-15(22-2)17(13)24-4/h5-11H,1-4H3,(H,20,21).